The Balaban J connectivity index is 1.88. The van der Waals surface area contributed by atoms with Crippen LogP contribution in [0.25, 0.3) is 11.4 Å². The Hall–Kier alpha value is -1.79. The second kappa shape index (κ2) is 7.19. The third kappa shape index (κ3) is 3.43. The van der Waals surface area contributed by atoms with Crippen LogP contribution >= 0.6 is 27.7 Å². The Bertz CT molecular complexity index is 825. The lowest BCUT2D eigenvalue weighted by Crippen LogP contribution is -2.01. The fourth-order valence-electron chi connectivity index (χ4n) is 2.26. The van der Waals surface area contributed by atoms with Crippen molar-refractivity contribution in [1.82, 2.24) is 14.8 Å². The molecule has 3 aromatic rings. The van der Waals surface area contributed by atoms with Gasteiger partial charge in [0.1, 0.15) is 5.76 Å². The maximum Gasteiger partial charge on any atom is 0.192 e. The summed E-state index contributed by atoms with van der Waals surface area (Å²) in [5.74, 6) is 2.47. The summed E-state index contributed by atoms with van der Waals surface area (Å²) in [4.78, 5) is 0. The van der Waals surface area contributed by atoms with Crippen LogP contribution in [-0.4, -0.2) is 14.8 Å². The Kier molecular flexibility index (Phi) is 5.03. The van der Waals surface area contributed by atoms with Gasteiger partial charge < -0.3 is 4.42 Å². The Labute approximate surface area is 147 Å². The highest BCUT2D eigenvalue weighted by molar-refractivity contribution is 9.10. The van der Waals surface area contributed by atoms with Gasteiger partial charge in [0.2, 0.25) is 0 Å². The number of hydrogen-bond acceptors (Lipinski definition) is 4. The van der Waals surface area contributed by atoms with E-state index in [0.29, 0.717) is 6.54 Å². The van der Waals surface area contributed by atoms with Gasteiger partial charge in [-0.2, -0.15) is 0 Å². The summed E-state index contributed by atoms with van der Waals surface area (Å²) in [5, 5.41) is 9.56. The van der Waals surface area contributed by atoms with Crippen LogP contribution in [-0.2, 0) is 12.3 Å². The van der Waals surface area contributed by atoms with Crippen LogP contribution in [0.15, 0.2) is 63.3 Å². The first-order chi connectivity index (χ1) is 11.2. The van der Waals surface area contributed by atoms with Crippen LogP contribution in [0.4, 0.5) is 0 Å². The highest BCUT2D eigenvalue weighted by atomic mass is 79.9. The number of aryl methyl sites for hydroxylation is 1. The van der Waals surface area contributed by atoms with E-state index in [2.05, 4.69) is 43.3 Å². The van der Waals surface area contributed by atoms with E-state index < -0.39 is 0 Å². The Morgan fingerprint density at radius 1 is 1.30 bits per heavy atom. The summed E-state index contributed by atoms with van der Waals surface area (Å²) in [6.07, 6.45) is 3.52. The number of rotatable bonds is 6. The molecule has 4 nitrogen and oxygen atoms in total. The van der Waals surface area contributed by atoms with Crippen LogP contribution in [0.5, 0.6) is 0 Å². The van der Waals surface area contributed by atoms with E-state index >= 15 is 0 Å². The van der Waals surface area contributed by atoms with E-state index in [9.17, 15) is 0 Å². The molecule has 3 rings (SSSR count). The molecule has 6 heteroatoms. The lowest BCUT2D eigenvalue weighted by atomic mass is 10.2. The van der Waals surface area contributed by atoms with Gasteiger partial charge in [0, 0.05) is 16.8 Å². The second-order valence-corrected chi connectivity index (χ2v) is 6.77. The van der Waals surface area contributed by atoms with Gasteiger partial charge in [0.25, 0.3) is 0 Å². The summed E-state index contributed by atoms with van der Waals surface area (Å²) < 4.78 is 8.55. The number of halogens is 1. The molecule has 0 saturated carbocycles. The number of nitrogens with zero attached hydrogens (tertiary/aromatic N) is 3. The van der Waals surface area contributed by atoms with Crippen molar-refractivity contribution in [2.24, 2.45) is 0 Å². The highest BCUT2D eigenvalue weighted by Crippen LogP contribution is 2.30. The fourth-order valence-corrected chi connectivity index (χ4v) is 3.83. The topological polar surface area (TPSA) is 43.9 Å². The SMILES string of the molecule is C=CCn1c(SCc2ccccc2Br)nnc1-c1ccoc1C. The zero-order valence-electron chi connectivity index (χ0n) is 12.7. The molecule has 0 aliphatic rings. The van der Waals surface area contributed by atoms with Gasteiger partial charge in [-0.05, 0) is 24.6 Å². The monoisotopic (exact) mass is 389 g/mol. The molecule has 0 unspecified atom stereocenters. The molecule has 0 bridgehead atoms. The van der Waals surface area contributed by atoms with Crippen LogP contribution in [0.2, 0.25) is 0 Å². The molecule has 0 amide bonds. The molecule has 0 N–H and O–H groups in total. The van der Waals surface area contributed by atoms with Gasteiger partial charge in [0.15, 0.2) is 11.0 Å². The van der Waals surface area contributed by atoms with Crippen molar-refractivity contribution >= 4 is 27.7 Å². The largest absolute Gasteiger partial charge is 0.469 e. The summed E-state index contributed by atoms with van der Waals surface area (Å²) in [7, 11) is 0. The number of allylic oxidation sites excluding steroid dienone is 1. The molecule has 2 heterocycles. The smallest absolute Gasteiger partial charge is 0.192 e. The van der Waals surface area contributed by atoms with Crippen molar-refractivity contribution < 1.29 is 4.42 Å². The molecule has 2 aromatic heterocycles. The van der Waals surface area contributed by atoms with Crippen molar-refractivity contribution in [1.29, 1.82) is 0 Å². The predicted octanol–water partition coefficient (Wildman–Crippen LogP) is 5.09. The van der Waals surface area contributed by atoms with E-state index in [-0.39, 0.29) is 0 Å². The average Bonchev–Trinajstić information content (AvgIpc) is 3.13. The maximum absolute atomic E-state index is 5.39. The van der Waals surface area contributed by atoms with E-state index in [4.69, 9.17) is 4.42 Å². The first kappa shape index (κ1) is 16.1. The van der Waals surface area contributed by atoms with Crippen molar-refractivity contribution in [3.8, 4) is 11.4 Å². The molecule has 0 spiro atoms. The molecule has 0 aliphatic heterocycles. The zero-order chi connectivity index (χ0) is 16.2. The minimum Gasteiger partial charge on any atom is -0.469 e. The molecule has 23 heavy (non-hydrogen) atoms. The quantitative estimate of drug-likeness (QED) is 0.435. The second-order valence-electron chi connectivity index (χ2n) is 4.98. The normalized spacial score (nSPS) is 10.9. The summed E-state index contributed by atoms with van der Waals surface area (Å²) in [5.41, 5.74) is 2.19. The van der Waals surface area contributed by atoms with Crippen molar-refractivity contribution in [3.63, 3.8) is 0 Å². The van der Waals surface area contributed by atoms with E-state index in [0.717, 1.165) is 32.5 Å². The number of aromatic nitrogens is 3. The van der Waals surface area contributed by atoms with Crippen molar-refractivity contribution in [3.05, 3.63) is 65.0 Å². The average molecular weight is 390 g/mol. The minimum absolute atomic E-state index is 0.658. The number of furan rings is 1. The molecule has 0 radical (unpaired) electrons. The van der Waals surface area contributed by atoms with E-state index in [1.807, 2.05) is 37.3 Å². The van der Waals surface area contributed by atoms with Crippen molar-refractivity contribution in [2.75, 3.05) is 0 Å². The van der Waals surface area contributed by atoms with Gasteiger partial charge in [-0.15, -0.1) is 16.8 Å². The zero-order valence-corrected chi connectivity index (χ0v) is 15.1. The molecule has 0 saturated heterocycles. The van der Waals surface area contributed by atoms with Crippen LogP contribution in [0, 0.1) is 6.92 Å². The lowest BCUT2D eigenvalue weighted by molar-refractivity contribution is 0.534. The summed E-state index contributed by atoms with van der Waals surface area (Å²) >= 11 is 5.24. The highest BCUT2D eigenvalue weighted by Gasteiger charge is 2.16. The Morgan fingerprint density at radius 3 is 2.83 bits per heavy atom. The molecule has 1 aromatic carbocycles. The molecule has 0 fully saturated rings. The maximum atomic E-state index is 5.39. The molecular weight excluding hydrogens is 374 g/mol. The van der Waals surface area contributed by atoms with E-state index in [1.54, 1.807) is 18.0 Å². The Morgan fingerprint density at radius 2 is 2.13 bits per heavy atom. The third-order valence-electron chi connectivity index (χ3n) is 3.44. The van der Waals surface area contributed by atoms with E-state index in [1.165, 1.54) is 5.56 Å². The lowest BCUT2D eigenvalue weighted by Gasteiger charge is -2.08. The molecule has 0 atom stereocenters. The van der Waals surface area contributed by atoms with Crippen molar-refractivity contribution in [2.45, 2.75) is 24.4 Å². The van der Waals surface area contributed by atoms with Crippen LogP contribution in [0.1, 0.15) is 11.3 Å². The number of thioether (sulfide) groups is 1. The van der Waals surface area contributed by atoms with Gasteiger partial charge in [-0.25, -0.2) is 0 Å². The fraction of sp³-hybridized carbons (Fsp3) is 0.176. The number of benzene rings is 1. The predicted molar refractivity (Wildman–Crippen MR) is 96.4 cm³/mol. The number of hydrogen-bond donors (Lipinski definition) is 0. The standard InChI is InChI=1S/C17H16BrN3OS/c1-3-9-21-16(14-8-10-22-12(14)2)19-20-17(21)23-11-13-6-4-5-7-15(13)18/h3-8,10H,1,9,11H2,2H3. The third-order valence-corrected chi connectivity index (χ3v) is 5.23. The van der Waals surface area contributed by atoms with Gasteiger partial charge in [0.05, 0.1) is 11.8 Å². The van der Waals surface area contributed by atoms with Gasteiger partial charge >= 0.3 is 0 Å². The first-order valence-corrected chi connectivity index (χ1v) is 8.93. The van der Waals surface area contributed by atoms with Gasteiger partial charge in [-0.3, -0.25) is 4.57 Å². The summed E-state index contributed by atoms with van der Waals surface area (Å²) in [6.45, 7) is 6.42. The molecule has 118 valence electrons. The van der Waals surface area contributed by atoms with Crippen LogP contribution < -0.4 is 0 Å². The first-order valence-electron chi connectivity index (χ1n) is 7.15. The molecule has 0 aliphatic carbocycles. The minimum atomic E-state index is 0.658. The van der Waals surface area contributed by atoms with Gasteiger partial charge in [-0.1, -0.05) is 52.0 Å². The molecular formula is C17H16BrN3OS. The summed E-state index contributed by atoms with van der Waals surface area (Å²) in [6, 6.07) is 10.1. The van der Waals surface area contributed by atoms with Crippen LogP contribution in [0.3, 0.4) is 0 Å².